The second kappa shape index (κ2) is 11.2. The van der Waals surface area contributed by atoms with Gasteiger partial charge in [0, 0.05) is 43.7 Å². The smallest absolute Gasteiger partial charge is 0.0625 e. The van der Waals surface area contributed by atoms with E-state index in [-0.39, 0.29) is 0 Å². The standard InChI is InChI=1S/C52H32N2/c1-3-14-36(15-4-1)53-48-29-24-34(31-46(48)45-28-27-41-38-18-8-7-13-33(38)23-26-44(41)51(45)53)35-25-30-49-47(32-35)50-42-21-11-9-19-39(42)40-20-10-12-22-43(40)52(50)54(49)37-16-5-2-6-17-37/h1-32H. The Kier molecular flexibility index (Phi) is 6.09. The van der Waals surface area contributed by atoms with Gasteiger partial charge in [-0.05, 0) is 92.0 Å². The average Bonchev–Trinajstić information content (AvgIpc) is 3.77. The molecule has 0 saturated heterocycles. The molecule has 250 valence electrons. The molecular formula is C52H32N2. The van der Waals surface area contributed by atoms with Crippen molar-refractivity contribution in [3.63, 3.8) is 0 Å². The van der Waals surface area contributed by atoms with E-state index in [0.29, 0.717) is 0 Å². The van der Waals surface area contributed by atoms with Crippen LogP contribution in [0.4, 0.5) is 0 Å². The Balaban J connectivity index is 1.17. The van der Waals surface area contributed by atoms with Crippen LogP contribution in [0.1, 0.15) is 0 Å². The molecule has 0 bridgehead atoms. The molecule has 0 atom stereocenters. The Labute approximate surface area is 311 Å². The number of aromatic nitrogens is 2. The van der Waals surface area contributed by atoms with Crippen molar-refractivity contribution in [1.82, 2.24) is 9.13 Å². The Hall–Kier alpha value is -7.16. The normalized spacial score (nSPS) is 12.1. The molecule has 0 saturated carbocycles. The molecule has 0 spiro atoms. The lowest BCUT2D eigenvalue weighted by atomic mass is 9.95. The first-order valence-electron chi connectivity index (χ1n) is 18.7. The van der Waals surface area contributed by atoms with Gasteiger partial charge in [0.1, 0.15) is 0 Å². The Bertz CT molecular complexity index is 3480. The predicted octanol–water partition coefficient (Wildman–Crippen LogP) is 14.2. The minimum atomic E-state index is 1.17. The third kappa shape index (κ3) is 4.05. The first-order valence-corrected chi connectivity index (χ1v) is 18.7. The second-order valence-electron chi connectivity index (χ2n) is 14.5. The van der Waals surface area contributed by atoms with Crippen LogP contribution in [0.15, 0.2) is 194 Å². The van der Waals surface area contributed by atoms with Crippen molar-refractivity contribution in [2.45, 2.75) is 0 Å². The summed E-state index contributed by atoms with van der Waals surface area (Å²) < 4.78 is 4.92. The number of hydrogen-bond donors (Lipinski definition) is 0. The van der Waals surface area contributed by atoms with E-state index in [1.807, 2.05) is 0 Å². The fourth-order valence-corrected chi connectivity index (χ4v) is 9.33. The maximum atomic E-state index is 2.47. The summed E-state index contributed by atoms with van der Waals surface area (Å²) >= 11 is 0. The zero-order valence-electron chi connectivity index (χ0n) is 29.4. The molecule has 0 aliphatic heterocycles. The van der Waals surface area contributed by atoms with Crippen LogP contribution in [-0.4, -0.2) is 9.13 Å². The topological polar surface area (TPSA) is 9.86 Å². The Morgan fingerprint density at radius 1 is 0.259 bits per heavy atom. The van der Waals surface area contributed by atoms with Crippen LogP contribution in [0.5, 0.6) is 0 Å². The van der Waals surface area contributed by atoms with E-state index in [1.165, 1.54) is 109 Å². The summed E-state index contributed by atoms with van der Waals surface area (Å²) in [5, 5.41) is 15.3. The van der Waals surface area contributed by atoms with Crippen LogP contribution in [0, 0.1) is 0 Å². The molecule has 0 radical (unpaired) electrons. The predicted molar refractivity (Wildman–Crippen MR) is 231 cm³/mol. The van der Waals surface area contributed by atoms with Crippen LogP contribution in [0.2, 0.25) is 0 Å². The quantitative estimate of drug-likeness (QED) is 0.164. The van der Waals surface area contributed by atoms with E-state index < -0.39 is 0 Å². The van der Waals surface area contributed by atoms with Gasteiger partial charge in [0.25, 0.3) is 0 Å². The molecule has 2 heteroatoms. The summed E-state index contributed by atoms with van der Waals surface area (Å²) in [6.45, 7) is 0. The van der Waals surface area contributed by atoms with E-state index in [2.05, 4.69) is 203 Å². The highest BCUT2D eigenvalue weighted by atomic mass is 15.0. The van der Waals surface area contributed by atoms with Gasteiger partial charge in [-0.15, -0.1) is 0 Å². The highest BCUT2D eigenvalue weighted by Gasteiger charge is 2.21. The molecular weight excluding hydrogens is 653 g/mol. The van der Waals surface area contributed by atoms with Crippen molar-refractivity contribution in [3.8, 4) is 22.5 Å². The molecule has 0 aliphatic carbocycles. The third-order valence-electron chi connectivity index (χ3n) is 11.6. The SMILES string of the molecule is c1ccc(-n2c3ccc(-c4ccc5c(c4)c4c6ccccc6c6ccccc6c4n5-c4ccccc4)cc3c3ccc4c5ccccc5ccc4c32)cc1. The fourth-order valence-electron chi connectivity index (χ4n) is 9.33. The molecule has 12 aromatic rings. The van der Waals surface area contributed by atoms with Gasteiger partial charge in [0.15, 0.2) is 0 Å². The summed E-state index contributed by atoms with van der Waals surface area (Å²) in [5.41, 5.74) is 9.67. The van der Waals surface area contributed by atoms with Crippen molar-refractivity contribution >= 4 is 86.7 Å². The van der Waals surface area contributed by atoms with Gasteiger partial charge in [0.2, 0.25) is 0 Å². The van der Waals surface area contributed by atoms with Crippen LogP contribution < -0.4 is 0 Å². The van der Waals surface area contributed by atoms with Crippen LogP contribution >= 0.6 is 0 Å². The first-order chi connectivity index (χ1) is 26.8. The van der Waals surface area contributed by atoms with Gasteiger partial charge in [-0.2, -0.15) is 0 Å². The van der Waals surface area contributed by atoms with Gasteiger partial charge < -0.3 is 9.13 Å². The molecule has 0 unspecified atom stereocenters. The van der Waals surface area contributed by atoms with Crippen molar-refractivity contribution in [2.24, 2.45) is 0 Å². The summed E-state index contributed by atoms with van der Waals surface area (Å²) in [5.74, 6) is 0. The van der Waals surface area contributed by atoms with Crippen molar-refractivity contribution in [2.75, 3.05) is 0 Å². The van der Waals surface area contributed by atoms with Crippen LogP contribution in [-0.2, 0) is 0 Å². The molecule has 0 amide bonds. The number of para-hydroxylation sites is 2. The monoisotopic (exact) mass is 684 g/mol. The number of benzene rings is 10. The molecule has 2 aromatic heterocycles. The lowest BCUT2D eigenvalue weighted by Gasteiger charge is -2.12. The fraction of sp³-hybridized carbons (Fsp3) is 0. The molecule has 0 N–H and O–H groups in total. The molecule has 2 heterocycles. The number of hydrogen-bond acceptors (Lipinski definition) is 0. The highest BCUT2D eigenvalue weighted by Crippen LogP contribution is 2.45. The van der Waals surface area contributed by atoms with E-state index in [1.54, 1.807) is 0 Å². The molecule has 0 fully saturated rings. The van der Waals surface area contributed by atoms with Gasteiger partial charge >= 0.3 is 0 Å². The number of fused-ring (bicyclic) bond motifs is 15. The van der Waals surface area contributed by atoms with Gasteiger partial charge in [0.05, 0.1) is 22.1 Å². The molecule has 2 nitrogen and oxygen atoms in total. The van der Waals surface area contributed by atoms with Crippen molar-refractivity contribution in [3.05, 3.63) is 194 Å². The summed E-state index contributed by atoms with van der Waals surface area (Å²) in [6, 6.07) is 71.5. The molecule has 10 aromatic carbocycles. The van der Waals surface area contributed by atoms with E-state index in [4.69, 9.17) is 0 Å². The second-order valence-corrected chi connectivity index (χ2v) is 14.5. The Morgan fingerprint density at radius 2 is 0.704 bits per heavy atom. The summed E-state index contributed by atoms with van der Waals surface area (Å²) in [6.07, 6.45) is 0. The van der Waals surface area contributed by atoms with Crippen molar-refractivity contribution in [1.29, 1.82) is 0 Å². The summed E-state index contributed by atoms with van der Waals surface area (Å²) in [4.78, 5) is 0. The number of nitrogens with zero attached hydrogens (tertiary/aromatic N) is 2. The van der Waals surface area contributed by atoms with Gasteiger partial charge in [-0.3, -0.25) is 0 Å². The lowest BCUT2D eigenvalue weighted by Crippen LogP contribution is -1.94. The van der Waals surface area contributed by atoms with Gasteiger partial charge in [-0.25, -0.2) is 0 Å². The third-order valence-corrected chi connectivity index (χ3v) is 11.6. The maximum absolute atomic E-state index is 2.47. The minimum absolute atomic E-state index is 1.17. The van der Waals surface area contributed by atoms with E-state index in [9.17, 15) is 0 Å². The van der Waals surface area contributed by atoms with Crippen LogP contribution in [0.25, 0.3) is 109 Å². The Morgan fingerprint density at radius 3 is 1.41 bits per heavy atom. The zero-order chi connectivity index (χ0) is 35.3. The zero-order valence-corrected chi connectivity index (χ0v) is 29.4. The van der Waals surface area contributed by atoms with Gasteiger partial charge in [-0.1, -0.05) is 146 Å². The van der Waals surface area contributed by atoms with E-state index in [0.717, 1.165) is 0 Å². The molecule has 54 heavy (non-hydrogen) atoms. The lowest BCUT2D eigenvalue weighted by molar-refractivity contribution is 1.19. The van der Waals surface area contributed by atoms with E-state index >= 15 is 0 Å². The maximum Gasteiger partial charge on any atom is 0.0625 e. The number of rotatable bonds is 3. The minimum Gasteiger partial charge on any atom is -0.309 e. The largest absolute Gasteiger partial charge is 0.309 e. The highest BCUT2D eigenvalue weighted by molar-refractivity contribution is 6.32. The molecule has 12 rings (SSSR count). The van der Waals surface area contributed by atoms with Crippen molar-refractivity contribution < 1.29 is 0 Å². The average molecular weight is 685 g/mol. The summed E-state index contributed by atoms with van der Waals surface area (Å²) in [7, 11) is 0. The van der Waals surface area contributed by atoms with Crippen LogP contribution in [0.3, 0.4) is 0 Å². The first kappa shape index (κ1) is 29.4. The molecule has 0 aliphatic rings.